The van der Waals surface area contributed by atoms with Crippen LogP contribution in [0.15, 0.2) is 35.3 Å². The number of aromatic nitrogens is 2. The average molecular weight is 229 g/mol. The quantitative estimate of drug-likeness (QED) is 0.791. The van der Waals surface area contributed by atoms with Crippen LogP contribution in [0.3, 0.4) is 0 Å². The topological polar surface area (TPSA) is 42.2 Å². The van der Waals surface area contributed by atoms with Gasteiger partial charge in [-0.2, -0.15) is 0 Å². The lowest BCUT2D eigenvalue weighted by molar-refractivity contribution is 0.169. The molecule has 1 aliphatic heterocycles. The molecular formula is C13H15N3O. The molecule has 1 atom stereocenters. The van der Waals surface area contributed by atoms with Crippen LogP contribution in [0.1, 0.15) is 30.0 Å². The summed E-state index contributed by atoms with van der Waals surface area (Å²) in [6.07, 6.45) is 6.27. The van der Waals surface area contributed by atoms with Crippen molar-refractivity contribution >= 4 is 0 Å². The zero-order chi connectivity index (χ0) is 11.7. The fourth-order valence-corrected chi connectivity index (χ4v) is 2.33. The molecule has 1 unspecified atom stereocenters. The maximum Gasteiger partial charge on any atom is 0.120 e. The molecule has 0 bridgehead atoms. The normalized spacial score (nSPS) is 17.7. The van der Waals surface area contributed by atoms with E-state index in [9.17, 15) is 0 Å². The SMILES string of the molecule is CC(c1ccco1)N1CCc2ncncc2C1. The summed E-state index contributed by atoms with van der Waals surface area (Å²) in [6.45, 7) is 4.09. The molecule has 0 N–H and O–H groups in total. The number of hydrogen-bond donors (Lipinski definition) is 0. The molecule has 2 aromatic heterocycles. The van der Waals surface area contributed by atoms with Gasteiger partial charge in [0.25, 0.3) is 0 Å². The lowest BCUT2D eigenvalue weighted by Gasteiger charge is -2.31. The molecule has 4 nitrogen and oxygen atoms in total. The minimum Gasteiger partial charge on any atom is -0.468 e. The van der Waals surface area contributed by atoms with Gasteiger partial charge in [0.05, 0.1) is 12.3 Å². The third kappa shape index (κ3) is 1.96. The summed E-state index contributed by atoms with van der Waals surface area (Å²) in [4.78, 5) is 10.8. The fourth-order valence-electron chi connectivity index (χ4n) is 2.33. The lowest BCUT2D eigenvalue weighted by Crippen LogP contribution is -2.33. The molecule has 0 radical (unpaired) electrons. The van der Waals surface area contributed by atoms with Crippen LogP contribution < -0.4 is 0 Å². The van der Waals surface area contributed by atoms with E-state index in [2.05, 4.69) is 21.8 Å². The Morgan fingerprint density at radius 2 is 2.41 bits per heavy atom. The number of hydrogen-bond acceptors (Lipinski definition) is 4. The van der Waals surface area contributed by atoms with Crippen molar-refractivity contribution in [2.24, 2.45) is 0 Å². The molecule has 4 heteroatoms. The Hall–Kier alpha value is -1.68. The smallest absolute Gasteiger partial charge is 0.120 e. The van der Waals surface area contributed by atoms with Gasteiger partial charge in [-0.25, -0.2) is 9.97 Å². The minimum atomic E-state index is 0.304. The maximum absolute atomic E-state index is 5.46. The van der Waals surface area contributed by atoms with E-state index in [1.807, 2.05) is 18.3 Å². The van der Waals surface area contributed by atoms with Gasteiger partial charge in [0.2, 0.25) is 0 Å². The Morgan fingerprint density at radius 1 is 1.47 bits per heavy atom. The Bertz CT molecular complexity index is 495. The Balaban J connectivity index is 1.80. The molecule has 0 aliphatic carbocycles. The molecule has 3 rings (SSSR count). The summed E-state index contributed by atoms with van der Waals surface area (Å²) in [7, 11) is 0. The van der Waals surface area contributed by atoms with Crippen LogP contribution in [0, 0.1) is 0 Å². The van der Waals surface area contributed by atoms with Crippen molar-refractivity contribution in [3.63, 3.8) is 0 Å². The first-order valence-corrected chi connectivity index (χ1v) is 5.90. The Labute approximate surface area is 100 Å². The molecule has 1 aliphatic rings. The van der Waals surface area contributed by atoms with Crippen molar-refractivity contribution in [3.8, 4) is 0 Å². The third-order valence-electron chi connectivity index (χ3n) is 3.39. The zero-order valence-electron chi connectivity index (χ0n) is 9.84. The molecule has 0 amide bonds. The summed E-state index contributed by atoms with van der Waals surface area (Å²) in [5.41, 5.74) is 2.42. The highest BCUT2D eigenvalue weighted by Gasteiger charge is 2.23. The van der Waals surface area contributed by atoms with E-state index in [-0.39, 0.29) is 0 Å². The number of rotatable bonds is 2. The first-order chi connectivity index (χ1) is 8.34. The third-order valence-corrected chi connectivity index (χ3v) is 3.39. The molecule has 2 aromatic rings. The van der Waals surface area contributed by atoms with Crippen molar-refractivity contribution < 1.29 is 4.42 Å². The molecule has 0 aromatic carbocycles. The van der Waals surface area contributed by atoms with Crippen molar-refractivity contribution in [1.82, 2.24) is 14.9 Å². The number of fused-ring (bicyclic) bond motifs is 1. The van der Waals surface area contributed by atoms with E-state index < -0.39 is 0 Å². The van der Waals surface area contributed by atoms with Crippen LogP contribution in [0.2, 0.25) is 0 Å². The van der Waals surface area contributed by atoms with Gasteiger partial charge in [-0.3, -0.25) is 4.90 Å². The molecule has 0 fully saturated rings. The van der Waals surface area contributed by atoms with Gasteiger partial charge in [0, 0.05) is 37.0 Å². The van der Waals surface area contributed by atoms with E-state index in [0.29, 0.717) is 6.04 Å². The summed E-state index contributed by atoms with van der Waals surface area (Å²) < 4.78 is 5.46. The van der Waals surface area contributed by atoms with Crippen molar-refractivity contribution in [1.29, 1.82) is 0 Å². The Morgan fingerprint density at radius 3 is 3.24 bits per heavy atom. The molecule has 0 spiro atoms. The van der Waals surface area contributed by atoms with Gasteiger partial charge in [-0.1, -0.05) is 0 Å². The molecule has 17 heavy (non-hydrogen) atoms. The predicted molar refractivity (Wildman–Crippen MR) is 63.3 cm³/mol. The van der Waals surface area contributed by atoms with Crippen LogP contribution in [0.25, 0.3) is 0 Å². The first-order valence-electron chi connectivity index (χ1n) is 5.90. The fraction of sp³-hybridized carbons (Fsp3) is 0.385. The van der Waals surface area contributed by atoms with Gasteiger partial charge in [0.15, 0.2) is 0 Å². The van der Waals surface area contributed by atoms with E-state index in [1.165, 1.54) is 11.3 Å². The highest BCUT2D eigenvalue weighted by molar-refractivity contribution is 5.19. The van der Waals surface area contributed by atoms with Gasteiger partial charge in [-0.15, -0.1) is 0 Å². The zero-order valence-corrected chi connectivity index (χ0v) is 9.84. The maximum atomic E-state index is 5.46. The van der Waals surface area contributed by atoms with Gasteiger partial charge >= 0.3 is 0 Å². The standard InChI is InChI=1S/C13H15N3O/c1-10(13-3-2-6-17-13)16-5-4-12-11(8-16)7-14-9-15-12/h2-3,6-7,9-10H,4-5,8H2,1H3. The van der Waals surface area contributed by atoms with Crippen LogP contribution in [0.4, 0.5) is 0 Å². The second-order valence-corrected chi connectivity index (χ2v) is 4.41. The van der Waals surface area contributed by atoms with Crippen molar-refractivity contribution in [3.05, 3.63) is 47.9 Å². The van der Waals surface area contributed by atoms with Gasteiger partial charge < -0.3 is 4.42 Å². The molecule has 3 heterocycles. The van der Waals surface area contributed by atoms with E-state index in [4.69, 9.17) is 4.42 Å². The van der Waals surface area contributed by atoms with Gasteiger partial charge in [-0.05, 0) is 19.1 Å². The molecule has 88 valence electrons. The average Bonchev–Trinajstić information content (AvgIpc) is 2.91. The van der Waals surface area contributed by atoms with Crippen molar-refractivity contribution in [2.75, 3.05) is 6.54 Å². The second kappa shape index (κ2) is 4.30. The minimum absolute atomic E-state index is 0.304. The van der Waals surface area contributed by atoms with E-state index >= 15 is 0 Å². The first kappa shape index (κ1) is 10.5. The summed E-state index contributed by atoms with van der Waals surface area (Å²) in [5.74, 6) is 1.02. The monoisotopic (exact) mass is 229 g/mol. The summed E-state index contributed by atoms with van der Waals surface area (Å²) in [6, 6.07) is 4.27. The molecule has 0 saturated heterocycles. The van der Waals surface area contributed by atoms with E-state index in [0.717, 1.165) is 25.3 Å². The van der Waals surface area contributed by atoms with Crippen LogP contribution >= 0.6 is 0 Å². The second-order valence-electron chi connectivity index (χ2n) is 4.41. The van der Waals surface area contributed by atoms with Gasteiger partial charge in [0.1, 0.15) is 12.1 Å². The van der Waals surface area contributed by atoms with Crippen LogP contribution in [0.5, 0.6) is 0 Å². The number of nitrogens with zero attached hydrogens (tertiary/aromatic N) is 3. The summed E-state index contributed by atoms with van der Waals surface area (Å²) in [5, 5.41) is 0. The lowest BCUT2D eigenvalue weighted by atomic mass is 10.0. The predicted octanol–water partition coefficient (Wildman–Crippen LogP) is 2.19. The van der Waals surface area contributed by atoms with E-state index in [1.54, 1.807) is 12.6 Å². The van der Waals surface area contributed by atoms with Crippen LogP contribution in [-0.4, -0.2) is 21.4 Å². The highest BCUT2D eigenvalue weighted by atomic mass is 16.3. The summed E-state index contributed by atoms with van der Waals surface area (Å²) >= 11 is 0. The van der Waals surface area contributed by atoms with Crippen LogP contribution in [-0.2, 0) is 13.0 Å². The Kier molecular flexibility index (Phi) is 2.65. The number of furan rings is 1. The molecule has 0 saturated carbocycles. The largest absolute Gasteiger partial charge is 0.468 e. The van der Waals surface area contributed by atoms with Crippen molar-refractivity contribution in [2.45, 2.75) is 25.9 Å². The highest BCUT2D eigenvalue weighted by Crippen LogP contribution is 2.26. The molecular weight excluding hydrogens is 214 g/mol.